The van der Waals surface area contributed by atoms with Crippen molar-refractivity contribution in [2.24, 2.45) is 5.73 Å². The zero-order valence-corrected chi connectivity index (χ0v) is 11.8. The van der Waals surface area contributed by atoms with Crippen molar-refractivity contribution in [3.05, 3.63) is 23.8 Å². The Bertz CT molecular complexity index is 494. The van der Waals surface area contributed by atoms with Crippen LogP contribution in [0.15, 0.2) is 18.2 Å². The molecule has 0 saturated carbocycles. The quantitative estimate of drug-likeness (QED) is 0.752. The number of hydrogen-bond acceptors (Lipinski definition) is 4. The topological polar surface area (TPSA) is 93.5 Å². The van der Waals surface area contributed by atoms with Gasteiger partial charge in [0, 0.05) is 5.69 Å². The molecule has 0 spiro atoms. The summed E-state index contributed by atoms with van der Waals surface area (Å²) in [6.45, 7) is 0.539. The fourth-order valence-electron chi connectivity index (χ4n) is 1.89. The summed E-state index contributed by atoms with van der Waals surface area (Å²) in [7, 11) is 0. The number of ether oxygens (including phenoxy) is 1. The smallest absolute Gasteiger partial charge is 0.243 e. The summed E-state index contributed by atoms with van der Waals surface area (Å²) < 4.78 is 5.49. The van der Waals surface area contributed by atoms with Crippen LogP contribution in [0.3, 0.4) is 0 Å². The van der Waals surface area contributed by atoms with E-state index in [4.69, 9.17) is 10.5 Å². The number of rotatable bonds is 4. The first-order chi connectivity index (χ1) is 9.19. The van der Waals surface area contributed by atoms with Gasteiger partial charge in [-0.3, -0.25) is 9.59 Å². The molecule has 1 heterocycles. The van der Waals surface area contributed by atoms with E-state index in [1.165, 1.54) is 0 Å². The molecule has 0 radical (unpaired) electrons. The summed E-state index contributed by atoms with van der Waals surface area (Å²) in [6.07, 6.45) is 1.93. The van der Waals surface area contributed by atoms with Crippen molar-refractivity contribution < 1.29 is 14.3 Å². The number of carbonyl (C=O) groups is 2. The van der Waals surface area contributed by atoms with E-state index in [2.05, 4.69) is 10.6 Å². The number of nitrogens with one attached hydrogen (secondary N) is 2. The molecule has 1 aromatic rings. The third kappa shape index (κ3) is 4.40. The zero-order valence-electron chi connectivity index (χ0n) is 11.0. The average molecular weight is 300 g/mol. The molecule has 0 saturated heterocycles. The normalized spacial score (nSPS) is 12.4. The molecule has 0 fully saturated rings. The Hall–Kier alpha value is -1.79. The molecule has 0 bridgehead atoms. The van der Waals surface area contributed by atoms with Crippen molar-refractivity contribution in [1.29, 1.82) is 0 Å². The zero-order chi connectivity index (χ0) is 13.7. The lowest BCUT2D eigenvalue weighted by Crippen LogP contribution is -2.36. The minimum Gasteiger partial charge on any atom is -0.493 e. The second-order valence-electron chi connectivity index (χ2n) is 4.30. The highest BCUT2D eigenvalue weighted by molar-refractivity contribution is 5.94. The lowest BCUT2D eigenvalue weighted by atomic mass is 10.1. The number of nitrogens with two attached hydrogens (primary N) is 1. The summed E-state index contributed by atoms with van der Waals surface area (Å²) >= 11 is 0. The fourth-order valence-corrected chi connectivity index (χ4v) is 1.89. The lowest BCUT2D eigenvalue weighted by molar-refractivity contribution is -0.123. The molecular formula is C13H18ClN3O3. The Morgan fingerprint density at radius 3 is 2.85 bits per heavy atom. The van der Waals surface area contributed by atoms with Gasteiger partial charge in [-0.2, -0.15) is 0 Å². The maximum absolute atomic E-state index is 11.6. The minimum atomic E-state index is -0.353. The van der Waals surface area contributed by atoms with Crippen LogP contribution in [0.5, 0.6) is 5.75 Å². The molecule has 7 heteroatoms. The lowest BCUT2D eigenvalue weighted by Gasteiger charge is -2.18. The van der Waals surface area contributed by atoms with E-state index in [9.17, 15) is 9.59 Å². The number of aryl methyl sites for hydroxylation is 1. The molecule has 0 aliphatic carbocycles. The molecule has 110 valence electrons. The summed E-state index contributed by atoms with van der Waals surface area (Å²) in [5.74, 6) is 0.244. The predicted molar refractivity (Wildman–Crippen MR) is 78.2 cm³/mol. The van der Waals surface area contributed by atoms with E-state index in [1.807, 2.05) is 12.1 Å². The Kier molecular flexibility index (Phi) is 6.27. The molecule has 2 amide bonds. The maximum atomic E-state index is 11.6. The van der Waals surface area contributed by atoms with Crippen molar-refractivity contribution in [1.82, 2.24) is 5.32 Å². The number of anilines is 1. The highest BCUT2D eigenvalue weighted by Gasteiger charge is 2.11. The Morgan fingerprint density at radius 1 is 1.30 bits per heavy atom. The van der Waals surface area contributed by atoms with Crippen molar-refractivity contribution in [3.63, 3.8) is 0 Å². The minimum absolute atomic E-state index is 0. The van der Waals surface area contributed by atoms with E-state index in [-0.39, 0.29) is 37.3 Å². The molecule has 0 aromatic heterocycles. The van der Waals surface area contributed by atoms with Gasteiger partial charge < -0.3 is 21.1 Å². The van der Waals surface area contributed by atoms with E-state index in [1.54, 1.807) is 6.07 Å². The average Bonchev–Trinajstić information content (AvgIpc) is 2.44. The van der Waals surface area contributed by atoms with E-state index >= 15 is 0 Å². The molecule has 0 unspecified atom stereocenters. The molecule has 1 aliphatic heterocycles. The molecule has 20 heavy (non-hydrogen) atoms. The predicted octanol–water partition coefficient (Wildman–Crippen LogP) is 0.447. The van der Waals surface area contributed by atoms with E-state index < -0.39 is 0 Å². The first-order valence-electron chi connectivity index (χ1n) is 6.21. The van der Waals surface area contributed by atoms with Crippen LogP contribution in [-0.2, 0) is 16.0 Å². The van der Waals surface area contributed by atoms with Crippen LogP contribution in [0.1, 0.15) is 12.0 Å². The van der Waals surface area contributed by atoms with Crippen LogP contribution in [-0.4, -0.2) is 31.5 Å². The van der Waals surface area contributed by atoms with Gasteiger partial charge >= 0.3 is 0 Å². The van der Waals surface area contributed by atoms with Gasteiger partial charge in [0.15, 0.2) is 0 Å². The van der Waals surface area contributed by atoms with Crippen LogP contribution >= 0.6 is 12.4 Å². The first-order valence-corrected chi connectivity index (χ1v) is 6.21. The van der Waals surface area contributed by atoms with Crippen molar-refractivity contribution in [2.45, 2.75) is 12.8 Å². The van der Waals surface area contributed by atoms with E-state index in [0.717, 1.165) is 30.8 Å². The van der Waals surface area contributed by atoms with Gasteiger partial charge in [-0.1, -0.05) is 0 Å². The van der Waals surface area contributed by atoms with Crippen molar-refractivity contribution >= 4 is 29.9 Å². The van der Waals surface area contributed by atoms with Crippen molar-refractivity contribution in [3.8, 4) is 5.75 Å². The van der Waals surface area contributed by atoms with Gasteiger partial charge in [-0.15, -0.1) is 12.4 Å². The Balaban J connectivity index is 0.00000200. The molecule has 0 atom stereocenters. The highest BCUT2D eigenvalue weighted by atomic mass is 35.5. The monoisotopic (exact) mass is 299 g/mol. The third-order valence-corrected chi connectivity index (χ3v) is 2.82. The fraction of sp³-hybridized carbons (Fsp3) is 0.385. The van der Waals surface area contributed by atoms with Gasteiger partial charge in [-0.25, -0.2) is 0 Å². The van der Waals surface area contributed by atoms with Gasteiger partial charge in [0.25, 0.3) is 0 Å². The van der Waals surface area contributed by atoms with Crippen LogP contribution in [0, 0.1) is 0 Å². The van der Waals surface area contributed by atoms with Gasteiger partial charge in [0.05, 0.1) is 19.7 Å². The molecule has 4 N–H and O–H groups in total. The number of hydrogen-bond donors (Lipinski definition) is 3. The molecule has 1 aliphatic rings. The van der Waals surface area contributed by atoms with Crippen LogP contribution in [0.4, 0.5) is 5.69 Å². The highest BCUT2D eigenvalue weighted by Crippen LogP contribution is 2.27. The van der Waals surface area contributed by atoms with E-state index in [0.29, 0.717) is 5.69 Å². The molecule has 1 aromatic carbocycles. The number of fused-ring (bicyclic) bond motifs is 1. The molecule has 2 rings (SSSR count). The van der Waals surface area contributed by atoms with Gasteiger partial charge in [-0.05, 0) is 36.6 Å². The maximum Gasteiger partial charge on any atom is 0.243 e. The van der Waals surface area contributed by atoms with Crippen LogP contribution in [0.25, 0.3) is 0 Å². The standard InChI is InChI=1S/C13H17N3O3.ClH/c14-7-12(17)15-8-13(18)16-10-3-4-11-9(6-10)2-1-5-19-11;/h3-4,6H,1-2,5,7-8,14H2,(H,15,17)(H,16,18);1H. The second-order valence-corrected chi connectivity index (χ2v) is 4.30. The Labute approximate surface area is 123 Å². The SMILES string of the molecule is Cl.NCC(=O)NCC(=O)Nc1ccc2c(c1)CCCO2. The summed E-state index contributed by atoms with van der Waals surface area (Å²) in [5, 5.41) is 5.14. The number of halogens is 1. The largest absolute Gasteiger partial charge is 0.493 e. The molecule has 6 nitrogen and oxygen atoms in total. The van der Waals surface area contributed by atoms with Crippen molar-refractivity contribution in [2.75, 3.05) is 25.0 Å². The Morgan fingerprint density at radius 2 is 2.10 bits per heavy atom. The third-order valence-electron chi connectivity index (χ3n) is 2.82. The first kappa shape index (κ1) is 16.3. The summed E-state index contributed by atoms with van der Waals surface area (Å²) in [4.78, 5) is 22.5. The summed E-state index contributed by atoms with van der Waals surface area (Å²) in [6, 6.07) is 5.53. The van der Waals surface area contributed by atoms with Gasteiger partial charge in [0.1, 0.15) is 5.75 Å². The number of carbonyl (C=O) groups excluding carboxylic acids is 2. The number of benzene rings is 1. The van der Waals surface area contributed by atoms with Crippen LogP contribution < -0.4 is 21.1 Å². The summed E-state index contributed by atoms with van der Waals surface area (Å²) in [5.41, 5.74) is 6.93. The van der Waals surface area contributed by atoms with Crippen LogP contribution in [0.2, 0.25) is 0 Å². The molecular weight excluding hydrogens is 282 g/mol. The van der Waals surface area contributed by atoms with Gasteiger partial charge in [0.2, 0.25) is 11.8 Å². The number of amides is 2. The second kappa shape index (κ2) is 7.72.